The minimum Gasteiger partial charge on any atom is -0.309 e. The fourth-order valence-electron chi connectivity index (χ4n) is 1.85. The third-order valence-electron chi connectivity index (χ3n) is 3.03. The molecule has 1 heterocycles. The van der Waals surface area contributed by atoms with Gasteiger partial charge in [0.05, 0.1) is 0 Å². The predicted molar refractivity (Wildman–Crippen MR) is 79.3 cm³/mol. The highest BCUT2D eigenvalue weighted by atomic mass is 32.2. The summed E-state index contributed by atoms with van der Waals surface area (Å²) in [7, 11) is 0. The summed E-state index contributed by atoms with van der Waals surface area (Å²) in [6.07, 6.45) is 4.31. The van der Waals surface area contributed by atoms with E-state index >= 15 is 0 Å². The van der Waals surface area contributed by atoms with Gasteiger partial charge in [-0.3, -0.25) is 0 Å². The van der Waals surface area contributed by atoms with Gasteiger partial charge in [-0.2, -0.15) is 13.2 Å². The first kappa shape index (κ1) is 14.9. The lowest BCUT2D eigenvalue weighted by Crippen LogP contribution is -2.14. The highest BCUT2D eigenvalue weighted by molar-refractivity contribution is 8.00. The van der Waals surface area contributed by atoms with Gasteiger partial charge in [-0.15, -0.1) is 11.3 Å². The number of thioether (sulfide) groups is 1. The smallest absolute Gasteiger partial charge is 0.309 e. The molecule has 0 saturated heterocycles. The van der Waals surface area contributed by atoms with E-state index in [0.717, 1.165) is 22.0 Å². The maximum atomic E-state index is 12.3. The Morgan fingerprint density at radius 1 is 1.24 bits per heavy atom. The van der Waals surface area contributed by atoms with E-state index in [4.69, 9.17) is 0 Å². The molecule has 112 valence electrons. The lowest BCUT2D eigenvalue weighted by atomic mass is 10.2. The van der Waals surface area contributed by atoms with Crippen LogP contribution < -0.4 is 5.32 Å². The lowest BCUT2D eigenvalue weighted by Gasteiger charge is -2.05. The summed E-state index contributed by atoms with van der Waals surface area (Å²) >= 11 is 1.47. The molecule has 1 saturated carbocycles. The Balaban J connectivity index is 1.65. The van der Waals surface area contributed by atoms with E-state index < -0.39 is 5.51 Å². The summed E-state index contributed by atoms with van der Waals surface area (Å²) < 4.78 is 36.8. The van der Waals surface area contributed by atoms with Crippen molar-refractivity contribution in [1.82, 2.24) is 10.3 Å². The Morgan fingerprint density at radius 2 is 1.95 bits per heavy atom. The van der Waals surface area contributed by atoms with Gasteiger partial charge in [-0.05, 0) is 36.7 Å². The Hall–Kier alpha value is -1.05. The number of nitrogens with zero attached hydrogens (tertiary/aromatic N) is 1. The second-order valence-electron chi connectivity index (χ2n) is 4.86. The van der Waals surface area contributed by atoms with E-state index in [1.807, 2.05) is 6.20 Å². The third-order valence-corrected chi connectivity index (χ3v) is 4.82. The van der Waals surface area contributed by atoms with Gasteiger partial charge in [0.15, 0.2) is 0 Å². The first-order valence-electron chi connectivity index (χ1n) is 6.54. The molecule has 1 aromatic carbocycles. The third kappa shape index (κ3) is 4.46. The highest BCUT2D eigenvalue weighted by Gasteiger charge is 2.29. The molecule has 2 aromatic rings. The molecule has 0 unspecified atom stereocenters. The van der Waals surface area contributed by atoms with Crippen LogP contribution in [0.15, 0.2) is 35.4 Å². The van der Waals surface area contributed by atoms with Crippen LogP contribution in [0.1, 0.15) is 17.7 Å². The number of hydrogen-bond acceptors (Lipinski definition) is 4. The molecule has 7 heteroatoms. The predicted octanol–water partition coefficient (Wildman–Crippen LogP) is 4.67. The molecule has 2 nitrogen and oxygen atoms in total. The van der Waals surface area contributed by atoms with Crippen LogP contribution in [0, 0.1) is 0 Å². The number of thiazole rings is 1. The van der Waals surface area contributed by atoms with Crippen molar-refractivity contribution in [2.75, 3.05) is 0 Å². The van der Waals surface area contributed by atoms with Gasteiger partial charge in [-0.25, -0.2) is 4.98 Å². The van der Waals surface area contributed by atoms with E-state index in [2.05, 4.69) is 10.3 Å². The molecule has 0 bridgehead atoms. The van der Waals surface area contributed by atoms with Gasteiger partial charge >= 0.3 is 5.51 Å². The van der Waals surface area contributed by atoms with Crippen LogP contribution in [0.25, 0.3) is 10.6 Å². The van der Waals surface area contributed by atoms with Crippen molar-refractivity contribution >= 4 is 23.1 Å². The average Bonchev–Trinajstić information content (AvgIpc) is 3.13. The maximum Gasteiger partial charge on any atom is 0.446 e. The average molecular weight is 330 g/mol. The fourth-order valence-corrected chi connectivity index (χ4v) is 3.26. The van der Waals surface area contributed by atoms with Gasteiger partial charge in [0, 0.05) is 34.1 Å². The second kappa shape index (κ2) is 5.98. The zero-order valence-electron chi connectivity index (χ0n) is 11.0. The van der Waals surface area contributed by atoms with Gasteiger partial charge < -0.3 is 5.32 Å². The molecule has 0 amide bonds. The molecule has 21 heavy (non-hydrogen) atoms. The summed E-state index contributed by atoms with van der Waals surface area (Å²) in [5.41, 5.74) is -3.39. The summed E-state index contributed by atoms with van der Waals surface area (Å²) in [5, 5.41) is 4.25. The van der Waals surface area contributed by atoms with Crippen molar-refractivity contribution in [1.29, 1.82) is 0 Å². The summed E-state index contributed by atoms with van der Waals surface area (Å²) in [6.45, 7) is 0.810. The van der Waals surface area contributed by atoms with E-state index in [-0.39, 0.29) is 16.7 Å². The van der Waals surface area contributed by atoms with E-state index in [0.29, 0.717) is 6.04 Å². The Morgan fingerprint density at radius 3 is 2.57 bits per heavy atom. The van der Waals surface area contributed by atoms with E-state index in [9.17, 15) is 13.2 Å². The monoisotopic (exact) mass is 330 g/mol. The first-order valence-corrected chi connectivity index (χ1v) is 8.17. The molecule has 0 spiro atoms. The summed E-state index contributed by atoms with van der Waals surface area (Å²) in [5.74, 6) is 0. The van der Waals surface area contributed by atoms with Crippen molar-refractivity contribution in [3.8, 4) is 10.6 Å². The van der Waals surface area contributed by atoms with E-state index in [1.165, 1.54) is 25.0 Å². The van der Waals surface area contributed by atoms with Crippen molar-refractivity contribution in [3.63, 3.8) is 0 Å². The minimum absolute atomic E-state index is 0.0989. The van der Waals surface area contributed by atoms with Gasteiger partial charge in [0.25, 0.3) is 0 Å². The SMILES string of the molecule is FC(F)(F)Sc1ccc(-c2ncc(CNC3CC3)s2)cc1. The number of nitrogens with one attached hydrogen (secondary N) is 1. The molecular weight excluding hydrogens is 317 g/mol. The standard InChI is InChI=1S/C14H13F3N2S2/c15-14(16,17)21-11-5-1-9(2-6-11)13-19-8-12(20-13)7-18-10-3-4-10/h1-2,5-6,8,10,18H,3-4,7H2. The topological polar surface area (TPSA) is 24.9 Å². The number of rotatable bonds is 5. The van der Waals surface area contributed by atoms with Gasteiger partial charge in [0.2, 0.25) is 0 Å². The summed E-state index contributed by atoms with van der Waals surface area (Å²) in [4.78, 5) is 5.68. The van der Waals surface area contributed by atoms with Crippen molar-refractivity contribution < 1.29 is 13.2 Å². The van der Waals surface area contributed by atoms with Crippen LogP contribution >= 0.6 is 23.1 Å². The number of hydrogen-bond donors (Lipinski definition) is 1. The first-order chi connectivity index (χ1) is 9.99. The minimum atomic E-state index is -4.25. The van der Waals surface area contributed by atoms with Crippen molar-refractivity contribution in [2.45, 2.75) is 35.8 Å². The molecule has 1 aliphatic rings. The van der Waals surface area contributed by atoms with Gasteiger partial charge in [0.1, 0.15) is 5.01 Å². The molecule has 0 radical (unpaired) electrons. The lowest BCUT2D eigenvalue weighted by molar-refractivity contribution is -0.0328. The van der Waals surface area contributed by atoms with Crippen molar-refractivity contribution in [2.24, 2.45) is 0 Å². The zero-order chi connectivity index (χ0) is 14.9. The Labute approximate surface area is 128 Å². The molecule has 1 fully saturated rings. The van der Waals surface area contributed by atoms with E-state index in [1.54, 1.807) is 23.5 Å². The number of halogens is 3. The molecule has 1 N–H and O–H groups in total. The van der Waals surface area contributed by atoms with Crippen LogP contribution in [0.2, 0.25) is 0 Å². The number of aromatic nitrogens is 1. The second-order valence-corrected chi connectivity index (χ2v) is 7.11. The van der Waals surface area contributed by atoms with Crippen LogP contribution in [0.5, 0.6) is 0 Å². The quantitative estimate of drug-likeness (QED) is 0.806. The number of benzene rings is 1. The Kier molecular flexibility index (Phi) is 4.24. The van der Waals surface area contributed by atoms with Crippen LogP contribution in [-0.4, -0.2) is 16.5 Å². The normalized spacial score (nSPS) is 15.4. The van der Waals surface area contributed by atoms with Crippen LogP contribution in [-0.2, 0) is 6.54 Å². The van der Waals surface area contributed by atoms with Crippen LogP contribution in [0.4, 0.5) is 13.2 Å². The molecule has 1 aliphatic carbocycles. The van der Waals surface area contributed by atoms with Crippen LogP contribution in [0.3, 0.4) is 0 Å². The fraction of sp³-hybridized carbons (Fsp3) is 0.357. The maximum absolute atomic E-state index is 12.3. The molecule has 1 aromatic heterocycles. The highest BCUT2D eigenvalue weighted by Crippen LogP contribution is 2.37. The zero-order valence-corrected chi connectivity index (χ0v) is 12.6. The molecule has 3 rings (SSSR count). The Bertz CT molecular complexity index is 603. The van der Waals surface area contributed by atoms with Gasteiger partial charge in [-0.1, -0.05) is 12.1 Å². The largest absolute Gasteiger partial charge is 0.446 e. The molecule has 0 atom stereocenters. The number of alkyl halides is 3. The molecule has 0 aliphatic heterocycles. The van der Waals surface area contributed by atoms with Crippen molar-refractivity contribution in [3.05, 3.63) is 35.3 Å². The molecular formula is C14H13F3N2S2. The summed E-state index contributed by atoms with van der Waals surface area (Å²) in [6, 6.07) is 6.98.